The zero-order valence-electron chi connectivity index (χ0n) is 16.4. The van der Waals surface area contributed by atoms with Crippen LogP contribution in [0.5, 0.6) is 0 Å². The summed E-state index contributed by atoms with van der Waals surface area (Å²) in [5.41, 5.74) is 0.753. The zero-order valence-corrected chi connectivity index (χ0v) is 16.4. The van der Waals surface area contributed by atoms with Crippen molar-refractivity contribution >= 4 is 29.3 Å². The maximum atomic E-state index is 12.5. The maximum absolute atomic E-state index is 12.5. The number of aliphatic hydroxyl groups excluding tert-OH is 1. The standard InChI is InChI=1S/C19H25N3O6/c1-19(2,3)28-18(26)21-13-7-5-12(6-8-13)20-15-14(17(25)27-4)11-22(9-10-23)16(15)24/h5-8,20,23H,9-11H2,1-4H3,(H,21,26). The Morgan fingerprint density at radius 1 is 1.18 bits per heavy atom. The van der Waals surface area contributed by atoms with E-state index in [4.69, 9.17) is 14.6 Å². The number of carbonyl (C=O) groups excluding carboxylic acids is 3. The lowest BCUT2D eigenvalue weighted by Crippen LogP contribution is -2.31. The van der Waals surface area contributed by atoms with E-state index in [1.54, 1.807) is 45.0 Å². The number of nitrogens with one attached hydrogen (secondary N) is 2. The maximum Gasteiger partial charge on any atom is 0.412 e. The normalized spacial score (nSPS) is 14.2. The second-order valence-electron chi connectivity index (χ2n) is 7.12. The molecule has 2 rings (SSSR count). The number of esters is 1. The number of amides is 2. The summed E-state index contributed by atoms with van der Waals surface area (Å²) in [6, 6.07) is 6.57. The van der Waals surface area contributed by atoms with Crippen molar-refractivity contribution in [3.8, 4) is 0 Å². The molecule has 0 fully saturated rings. The van der Waals surface area contributed by atoms with Crippen molar-refractivity contribution in [1.82, 2.24) is 4.90 Å². The molecule has 0 saturated heterocycles. The summed E-state index contributed by atoms with van der Waals surface area (Å²) < 4.78 is 9.93. The van der Waals surface area contributed by atoms with Crippen LogP contribution in [0.4, 0.5) is 16.2 Å². The number of hydrogen-bond donors (Lipinski definition) is 3. The number of aliphatic hydroxyl groups is 1. The number of anilines is 2. The van der Waals surface area contributed by atoms with Crippen molar-refractivity contribution in [1.29, 1.82) is 0 Å². The molecule has 0 radical (unpaired) electrons. The molecule has 2 amide bonds. The van der Waals surface area contributed by atoms with E-state index in [0.29, 0.717) is 11.4 Å². The van der Waals surface area contributed by atoms with Gasteiger partial charge in [-0.05, 0) is 45.0 Å². The smallest absolute Gasteiger partial charge is 0.412 e. The van der Waals surface area contributed by atoms with Gasteiger partial charge in [-0.1, -0.05) is 0 Å². The molecule has 0 saturated carbocycles. The van der Waals surface area contributed by atoms with Gasteiger partial charge < -0.3 is 24.8 Å². The third-order valence-corrected chi connectivity index (χ3v) is 3.75. The minimum atomic E-state index is -0.612. The van der Waals surface area contributed by atoms with Crippen LogP contribution in [0.2, 0.25) is 0 Å². The average Bonchev–Trinajstić information content (AvgIpc) is 2.91. The van der Waals surface area contributed by atoms with Crippen molar-refractivity contribution in [3.63, 3.8) is 0 Å². The Bertz CT molecular complexity index is 780. The summed E-state index contributed by atoms with van der Waals surface area (Å²) >= 11 is 0. The number of methoxy groups -OCH3 is 1. The minimum Gasteiger partial charge on any atom is -0.466 e. The lowest BCUT2D eigenvalue weighted by Gasteiger charge is -2.19. The Hall–Kier alpha value is -3.07. The Morgan fingerprint density at radius 3 is 2.32 bits per heavy atom. The van der Waals surface area contributed by atoms with Gasteiger partial charge in [0.15, 0.2) is 0 Å². The van der Waals surface area contributed by atoms with Gasteiger partial charge in [0.05, 0.1) is 25.8 Å². The van der Waals surface area contributed by atoms with E-state index in [1.165, 1.54) is 12.0 Å². The van der Waals surface area contributed by atoms with Crippen molar-refractivity contribution in [2.24, 2.45) is 0 Å². The van der Waals surface area contributed by atoms with Crippen LogP contribution in [0.3, 0.4) is 0 Å². The highest BCUT2D eigenvalue weighted by Gasteiger charge is 2.34. The molecule has 28 heavy (non-hydrogen) atoms. The van der Waals surface area contributed by atoms with E-state index < -0.39 is 23.6 Å². The van der Waals surface area contributed by atoms with Gasteiger partial charge in [-0.3, -0.25) is 10.1 Å². The molecule has 0 bridgehead atoms. The Kier molecular flexibility index (Phi) is 6.63. The zero-order chi connectivity index (χ0) is 20.9. The highest BCUT2D eigenvalue weighted by molar-refractivity contribution is 6.08. The van der Waals surface area contributed by atoms with Crippen LogP contribution in [-0.2, 0) is 19.1 Å². The van der Waals surface area contributed by atoms with E-state index in [-0.39, 0.29) is 31.0 Å². The quantitative estimate of drug-likeness (QED) is 0.632. The molecule has 0 aliphatic carbocycles. The molecular formula is C19H25N3O6. The topological polar surface area (TPSA) is 117 Å². The monoisotopic (exact) mass is 391 g/mol. The minimum absolute atomic E-state index is 0.0622. The van der Waals surface area contributed by atoms with Gasteiger partial charge >= 0.3 is 12.1 Å². The molecule has 152 valence electrons. The van der Waals surface area contributed by atoms with Gasteiger partial charge in [0.1, 0.15) is 11.3 Å². The highest BCUT2D eigenvalue weighted by Crippen LogP contribution is 2.23. The molecule has 0 aromatic heterocycles. The molecule has 0 spiro atoms. The third-order valence-electron chi connectivity index (χ3n) is 3.75. The second kappa shape index (κ2) is 8.75. The fourth-order valence-electron chi connectivity index (χ4n) is 2.55. The van der Waals surface area contributed by atoms with Gasteiger partial charge in [-0.25, -0.2) is 9.59 Å². The molecule has 1 aromatic carbocycles. The van der Waals surface area contributed by atoms with E-state index in [9.17, 15) is 14.4 Å². The lowest BCUT2D eigenvalue weighted by molar-refractivity contribution is -0.136. The fraction of sp³-hybridized carbons (Fsp3) is 0.421. The van der Waals surface area contributed by atoms with Crippen molar-refractivity contribution in [3.05, 3.63) is 35.5 Å². The van der Waals surface area contributed by atoms with Gasteiger partial charge in [-0.2, -0.15) is 0 Å². The van der Waals surface area contributed by atoms with Crippen LogP contribution in [0.25, 0.3) is 0 Å². The van der Waals surface area contributed by atoms with Crippen molar-refractivity contribution < 1.29 is 29.0 Å². The van der Waals surface area contributed by atoms with E-state index >= 15 is 0 Å². The van der Waals surface area contributed by atoms with E-state index in [0.717, 1.165) is 0 Å². The molecule has 1 aliphatic rings. The van der Waals surface area contributed by atoms with E-state index in [2.05, 4.69) is 10.6 Å². The predicted octanol–water partition coefficient (Wildman–Crippen LogP) is 1.71. The number of ether oxygens (including phenoxy) is 2. The molecule has 0 unspecified atom stereocenters. The van der Waals surface area contributed by atoms with Crippen LogP contribution < -0.4 is 10.6 Å². The molecule has 1 aliphatic heterocycles. The Labute approximate surface area is 163 Å². The SMILES string of the molecule is COC(=O)C1=C(Nc2ccc(NC(=O)OC(C)(C)C)cc2)C(=O)N(CCO)C1. The molecule has 3 N–H and O–H groups in total. The van der Waals surface area contributed by atoms with Crippen molar-refractivity contribution in [2.45, 2.75) is 26.4 Å². The molecule has 1 heterocycles. The van der Waals surface area contributed by atoms with Crippen LogP contribution in [-0.4, -0.2) is 60.4 Å². The van der Waals surface area contributed by atoms with Crippen molar-refractivity contribution in [2.75, 3.05) is 37.4 Å². The Morgan fingerprint density at radius 2 is 1.79 bits per heavy atom. The van der Waals surface area contributed by atoms with Crippen LogP contribution >= 0.6 is 0 Å². The number of hydrogen-bond acceptors (Lipinski definition) is 7. The summed E-state index contributed by atoms with van der Waals surface area (Å²) in [5.74, 6) is -1.01. The van der Waals surface area contributed by atoms with Gasteiger partial charge in [0.2, 0.25) is 0 Å². The number of rotatable bonds is 6. The van der Waals surface area contributed by atoms with E-state index in [1.807, 2.05) is 0 Å². The molecular weight excluding hydrogens is 366 g/mol. The highest BCUT2D eigenvalue weighted by atomic mass is 16.6. The van der Waals surface area contributed by atoms with Gasteiger partial charge in [0, 0.05) is 17.9 Å². The number of benzene rings is 1. The first kappa shape index (κ1) is 21.2. The summed E-state index contributed by atoms with van der Waals surface area (Å²) in [7, 11) is 1.24. The number of β-amino-alcohol motifs (C(OH)–C–C–N with tert-alkyl or cyclic N) is 1. The molecule has 9 nitrogen and oxygen atoms in total. The molecule has 1 aromatic rings. The van der Waals surface area contributed by atoms with Gasteiger partial charge in [0.25, 0.3) is 5.91 Å². The molecule has 0 atom stereocenters. The van der Waals surface area contributed by atoms with Gasteiger partial charge in [-0.15, -0.1) is 0 Å². The number of carbonyl (C=O) groups is 3. The number of nitrogens with zero attached hydrogens (tertiary/aromatic N) is 1. The fourth-order valence-corrected chi connectivity index (χ4v) is 2.55. The third kappa shape index (κ3) is 5.46. The largest absolute Gasteiger partial charge is 0.466 e. The summed E-state index contributed by atoms with van der Waals surface area (Å²) in [4.78, 5) is 37.6. The lowest BCUT2D eigenvalue weighted by atomic mass is 10.2. The van der Waals surface area contributed by atoms with Crippen LogP contribution in [0, 0.1) is 0 Å². The average molecular weight is 391 g/mol. The summed E-state index contributed by atoms with van der Waals surface area (Å²) in [6.45, 7) is 5.27. The first-order chi connectivity index (χ1) is 13.1. The van der Waals surface area contributed by atoms with Crippen LogP contribution in [0.15, 0.2) is 35.5 Å². The second-order valence-corrected chi connectivity index (χ2v) is 7.12. The first-order valence-electron chi connectivity index (χ1n) is 8.73. The van der Waals surface area contributed by atoms with Crippen LogP contribution in [0.1, 0.15) is 20.8 Å². The Balaban J connectivity index is 2.12. The molecule has 9 heteroatoms. The predicted molar refractivity (Wildman–Crippen MR) is 103 cm³/mol. The summed E-state index contributed by atoms with van der Waals surface area (Å²) in [6.07, 6.45) is -0.575. The summed E-state index contributed by atoms with van der Waals surface area (Å²) in [5, 5.41) is 14.6. The first-order valence-corrected chi connectivity index (χ1v) is 8.73.